The SMILES string of the molecule is CCc1n[nH]c(=S)n1C(C)C(=O)NCCOC. The number of nitrogens with one attached hydrogen (secondary N) is 2. The molecule has 0 spiro atoms. The standard InChI is InChI=1S/C10H18N4O2S/c1-4-8-12-13-10(17)14(8)7(2)9(15)11-5-6-16-3/h7H,4-6H2,1-3H3,(H,11,15)(H,13,17). The Morgan fingerprint density at radius 1 is 1.71 bits per heavy atom. The maximum atomic E-state index is 11.9. The Morgan fingerprint density at radius 3 is 3.00 bits per heavy atom. The summed E-state index contributed by atoms with van der Waals surface area (Å²) in [6, 6.07) is -0.368. The highest BCUT2D eigenvalue weighted by molar-refractivity contribution is 7.71. The van der Waals surface area contributed by atoms with Gasteiger partial charge in [-0.15, -0.1) is 0 Å². The van der Waals surface area contributed by atoms with Gasteiger partial charge in [-0.1, -0.05) is 6.92 Å². The molecule has 6 nitrogen and oxygen atoms in total. The molecule has 17 heavy (non-hydrogen) atoms. The number of ether oxygens (including phenoxy) is 1. The van der Waals surface area contributed by atoms with Crippen LogP contribution in [0.4, 0.5) is 0 Å². The van der Waals surface area contributed by atoms with Crippen LogP contribution in [0.1, 0.15) is 25.7 Å². The van der Waals surface area contributed by atoms with Gasteiger partial charge in [0.1, 0.15) is 11.9 Å². The summed E-state index contributed by atoms with van der Waals surface area (Å²) in [6.07, 6.45) is 0.725. The van der Waals surface area contributed by atoms with Crippen LogP contribution in [0.3, 0.4) is 0 Å². The van der Waals surface area contributed by atoms with Crippen molar-refractivity contribution < 1.29 is 9.53 Å². The fraction of sp³-hybridized carbons (Fsp3) is 0.700. The Kier molecular flexibility index (Phi) is 5.30. The minimum Gasteiger partial charge on any atom is -0.383 e. The largest absolute Gasteiger partial charge is 0.383 e. The van der Waals surface area contributed by atoms with E-state index >= 15 is 0 Å². The van der Waals surface area contributed by atoms with Crippen molar-refractivity contribution >= 4 is 18.1 Å². The first-order valence-corrected chi connectivity index (χ1v) is 5.95. The lowest BCUT2D eigenvalue weighted by Crippen LogP contribution is -2.33. The van der Waals surface area contributed by atoms with E-state index in [1.165, 1.54) is 0 Å². The molecule has 0 saturated heterocycles. The topological polar surface area (TPSA) is 71.9 Å². The number of aromatic nitrogens is 3. The number of hydrogen-bond donors (Lipinski definition) is 2. The molecule has 0 aliphatic heterocycles. The zero-order chi connectivity index (χ0) is 12.8. The summed E-state index contributed by atoms with van der Waals surface area (Å²) in [7, 11) is 1.59. The number of amides is 1. The maximum absolute atomic E-state index is 11.9. The second-order valence-electron chi connectivity index (χ2n) is 3.63. The highest BCUT2D eigenvalue weighted by Gasteiger charge is 2.18. The number of aryl methyl sites for hydroxylation is 1. The van der Waals surface area contributed by atoms with E-state index in [-0.39, 0.29) is 11.9 Å². The van der Waals surface area contributed by atoms with Crippen molar-refractivity contribution in [2.75, 3.05) is 20.3 Å². The third-order valence-electron chi connectivity index (χ3n) is 2.47. The van der Waals surface area contributed by atoms with Gasteiger partial charge in [-0.2, -0.15) is 5.10 Å². The van der Waals surface area contributed by atoms with Gasteiger partial charge in [0.2, 0.25) is 5.91 Å². The molecule has 0 radical (unpaired) electrons. The fourth-order valence-electron chi connectivity index (χ4n) is 1.53. The van der Waals surface area contributed by atoms with Crippen LogP contribution in [0.2, 0.25) is 0 Å². The van der Waals surface area contributed by atoms with Gasteiger partial charge in [0, 0.05) is 20.1 Å². The van der Waals surface area contributed by atoms with E-state index in [2.05, 4.69) is 15.5 Å². The molecule has 7 heteroatoms. The molecule has 0 aliphatic carbocycles. The second-order valence-corrected chi connectivity index (χ2v) is 4.02. The van der Waals surface area contributed by atoms with Gasteiger partial charge in [-0.25, -0.2) is 0 Å². The zero-order valence-electron chi connectivity index (χ0n) is 10.3. The first-order valence-electron chi connectivity index (χ1n) is 5.54. The smallest absolute Gasteiger partial charge is 0.243 e. The average Bonchev–Trinajstić information content (AvgIpc) is 2.69. The van der Waals surface area contributed by atoms with Gasteiger partial charge in [0.15, 0.2) is 4.77 Å². The predicted molar refractivity (Wildman–Crippen MR) is 66.4 cm³/mol. The van der Waals surface area contributed by atoms with Crippen LogP contribution in [0.15, 0.2) is 0 Å². The highest BCUT2D eigenvalue weighted by Crippen LogP contribution is 2.10. The van der Waals surface area contributed by atoms with E-state index in [1.807, 2.05) is 6.92 Å². The fourth-order valence-corrected chi connectivity index (χ4v) is 1.84. The third-order valence-corrected chi connectivity index (χ3v) is 2.75. The lowest BCUT2D eigenvalue weighted by atomic mass is 10.3. The second kappa shape index (κ2) is 6.51. The highest BCUT2D eigenvalue weighted by atomic mass is 32.1. The molecule has 1 heterocycles. The number of aromatic amines is 1. The van der Waals surface area contributed by atoms with Crippen LogP contribution in [-0.2, 0) is 16.0 Å². The Labute approximate surface area is 105 Å². The molecule has 96 valence electrons. The van der Waals surface area contributed by atoms with E-state index in [9.17, 15) is 4.79 Å². The lowest BCUT2D eigenvalue weighted by Gasteiger charge is -2.14. The monoisotopic (exact) mass is 258 g/mol. The lowest BCUT2D eigenvalue weighted by molar-refractivity contribution is -0.124. The number of carbonyl (C=O) groups excluding carboxylic acids is 1. The van der Waals surface area contributed by atoms with Crippen molar-refractivity contribution in [3.63, 3.8) is 0 Å². The first-order chi connectivity index (χ1) is 8.11. The average molecular weight is 258 g/mol. The van der Waals surface area contributed by atoms with E-state index in [0.29, 0.717) is 17.9 Å². The van der Waals surface area contributed by atoms with Gasteiger partial charge >= 0.3 is 0 Å². The summed E-state index contributed by atoms with van der Waals surface area (Å²) in [5, 5.41) is 9.55. The molecule has 1 aromatic heterocycles. The summed E-state index contributed by atoms with van der Waals surface area (Å²) in [5.41, 5.74) is 0. The number of H-pyrrole nitrogens is 1. The molecule has 0 aromatic carbocycles. The van der Waals surface area contributed by atoms with Crippen LogP contribution >= 0.6 is 12.2 Å². The van der Waals surface area contributed by atoms with Crippen molar-refractivity contribution in [3.05, 3.63) is 10.6 Å². The molecule has 0 aliphatic rings. The molecule has 1 unspecified atom stereocenters. The summed E-state index contributed by atoms with van der Waals surface area (Å²) in [5.74, 6) is 0.693. The van der Waals surface area contributed by atoms with E-state index in [1.54, 1.807) is 18.6 Å². The predicted octanol–water partition coefficient (Wildman–Crippen LogP) is 0.827. The molecule has 1 aromatic rings. The minimum absolute atomic E-state index is 0.0887. The van der Waals surface area contributed by atoms with Crippen molar-refractivity contribution in [3.8, 4) is 0 Å². The Bertz CT molecular complexity index is 426. The van der Waals surface area contributed by atoms with Crippen LogP contribution in [0.5, 0.6) is 0 Å². The van der Waals surface area contributed by atoms with Crippen molar-refractivity contribution in [2.24, 2.45) is 0 Å². The van der Waals surface area contributed by atoms with Crippen LogP contribution in [0.25, 0.3) is 0 Å². The van der Waals surface area contributed by atoms with Gasteiger partial charge in [0.05, 0.1) is 6.61 Å². The molecule has 0 fully saturated rings. The normalized spacial score (nSPS) is 12.4. The molecular weight excluding hydrogens is 240 g/mol. The van der Waals surface area contributed by atoms with Gasteiger partial charge in [0.25, 0.3) is 0 Å². The maximum Gasteiger partial charge on any atom is 0.243 e. The first kappa shape index (κ1) is 13.9. The molecule has 0 bridgehead atoms. The van der Waals surface area contributed by atoms with Crippen LogP contribution in [0, 0.1) is 4.77 Å². The van der Waals surface area contributed by atoms with E-state index in [4.69, 9.17) is 17.0 Å². The van der Waals surface area contributed by atoms with Crippen molar-refractivity contribution in [2.45, 2.75) is 26.3 Å². The number of methoxy groups -OCH3 is 1. The van der Waals surface area contributed by atoms with Crippen LogP contribution < -0.4 is 5.32 Å². The summed E-state index contributed by atoms with van der Waals surface area (Å²) < 4.78 is 7.07. The number of nitrogens with zero attached hydrogens (tertiary/aromatic N) is 2. The number of carbonyl (C=O) groups is 1. The molecule has 1 atom stereocenters. The van der Waals surface area contributed by atoms with Gasteiger partial charge in [-0.3, -0.25) is 14.5 Å². The van der Waals surface area contributed by atoms with E-state index < -0.39 is 0 Å². The van der Waals surface area contributed by atoms with Gasteiger partial charge < -0.3 is 10.1 Å². The molecule has 2 N–H and O–H groups in total. The van der Waals surface area contributed by atoms with Gasteiger partial charge in [-0.05, 0) is 19.1 Å². The Morgan fingerprint density at radius 2 is 2.41 bits per heavy atom. The van der Waals surface area contributed by atoms with E-state index in [0.717, 1.165) is 12.2 Å². The quantitative estimate of drug-likeness (QED) is 0.585. The number of hydrogen-bond acceptors (Lipinski definition) is 4. The molecule has 0 saturated carbocycles. The minimum atomic E-state index is -0.368. The number of rotatable bonds is 6. The molecular formula is C10H18N4O2S. The summed E-state index contributed by atoms with van der Waals surface area (Å²) in [4.78, 5) is 11.9. The third kappa shape index (κ3) is 3.37. The molecule has 1 rings (SSSR count). The summed E-state index contributed by atoms with van der Waals surface area (Å²) >= 11 is 5.11. The Balaban J connectivity index is 2.74. The molecule has 1 amide bonds. The zero-order valence-corrected chi connectivity index (χ0v) is 11.1. The summed E-state index contributed by atoms with van der Waals surface area (Å²) in [6.45, 7) is 4.76. The Hall–Kier alpha value is -1.21. The van der Waals surface area contributed by atoms with Crippen LogP contribution in [-0.4, -0.2) is 40.9 Å². The van der Waals surface area contributed by atoms with Crippen molar-refractivity contribution in [1.82, 2.24) is 20.1 Å². The van der Waals surface area contributed by atoms with Crippen molar-refractivity contribution in [1.29, 1.82) is 0 Å².